The van der Waals surface area contributed by atoms with Gasteiger partial charge in [0.1, 0.15) is 0 Å². The number of hydrogen-bond donors (Lipinski definition) is 1. The number of ether oxygens (including phenoxy) is 1. The standard InChI is InChI=1S/C12H19NO3S/c1-3-17(14,15)12-7-5-4-6-10(12)8-11(13)9-16-2/h4-7,11H,3,8-9,13H2,1-2H3. The smallest absolute Gasteiger partial charge is 0.178 e. The summed E-state index contributed by atoms with van der Waals surface area (Å²) in [5.41, 5.74) is 6.61. The summed E-state index contributed by atoms with van der Waals surface area (Å²) >= 11 is 0. The molecule has 4 nitrogen and oxygen atoms in total. The molecule has 1 aromatic rings. The van der Waals surface area contributed by atoms with Crippen molar-refractivity contribution in [2.75, 3.05) is 19.5 Å². The monoisotopic (exact) mass is 257 g/mol. The van der Waals surface area contributed by atoms with E-state index in [1.54, 1.807) is 32.2 Å². The predicted molar refractivity (Wildman–Crippen MR) is 67.7 cm³/mol. The molecule has 2 N–H and O–H groups in total. The number of hydrogen-bond acceptors (Lipinski definition) is 4. The van der Waals surface area contributed by atoms with Crippen LogP contribution in [0.4, 0.5) is 0 Å². The van der Waals surface area contributed by atoms with Crippen molar-refractivity contribution in [1.29, 1.82) is 0 Å². The van der Waals surface area contributed by atoms with Gasteiger partial charge >= 0.3 is 0 Å². The van der Waals surface area contributed by atoms with Crippen LogP contribution in [-0.2, 0) is 21.0 Å². The van der Waals surface area contributed by atoms with Crippen molar-refractivity contribution >= 4 is 9.84 Å². The third-order valence-electron chi connectivity index (χ3n) is 2.55. The lowest BCUT2D eigenvalue weighted by Gasteiger charge is -2.13. The van der Waals surface area contributed by atoms with E-state index in [0.717, 1.165) is 5.56 Å². The summed E-state index contributed by atoms with van der Waals surface area (Å²) in [4.78, 5) is 0.383. The lowest BCUT2D eigenvalue weighted by molar-refractivity contribution is 0.180. The van der Waals surface area contributed by atoms with Gasteiger partial charge in [-0.1, -0.05) is 25.1 Å². The van der Waals surface area contributed by atoms with Crippen LogP contribution >= 0.6 is 0 Å². The van der Waals surface area contributed by atoms with Crippen LogP contribution in [0.5, 0.6) is 0 Å². The van der Waals surface area contributed by atoms with E-state index in [4.69, 9.17) is 10.5 Å². The Morgan fingerprint density at radius 3 is 2.59 bits per heavy atom. The minimum absolute atomic E-state index is 0.101. The van der Waals surface area contributed by atoms with Crippen LogP contribution in [-0.4, -0.2) is 33.9 Å². The number of rotatable bonds is 6. The molecule has 0 fully saturated rings. The summed E-state index contributed by atoms with van der Waals surface area (Å²) in [6.07, 6.45) is 0.503. The van der Waals surface area contributed by atoms with Gasteiger partial charge in [-0.15, -0.1) is 0 Å². The SMILES string of the molecule is CCS(=O)(=O)c1ccccc1CC(N)COC. The molecule has 0 aromatic heterocycles. The Balaban J connectivity index is 3.01. The van der Waals surface area contributed by atoms with Crippen molar-refractivity contribution in [2.45, 2.75) is 24.3 Å². The highest BCUT2D eigenvalue weighted by Crippen LogP contribution is 2.18. The van der Waals surface area contributed by atoms with E-state index in [9.17, 15) is 8.42 Å². The van der Waals surface area contributed by atoms with Crippen LogP contribution in [0.15, 0.2) is 29.2 Å². The minimum atomic E-state index is -3.19. The van der Waals surface area contributed by atoms with Crippen LogP contribution in [0.25, 0.3) is 0 Å². The number of nitrogens with two attached hydrogens (primary N) is 1. The zero-order valence-electron chi connectivity index (χ0n) is 10.2. The fraction of sp³-hybridized carbons (Fsp3) is 0.500. The highest BCUT2D eigenvalue weighted by Gasteiger charge is 2.17. The molecule has 0 bridgehead atoms. The summed E-state index contributed by atoms with van der Waals surface area (Å²) in [5.74, 6) is 0.101. The topological polar surface area (TPSA) is 69.4 Å². The van der Waals surface area contributed by atoms with E-state index >= 15 is 0 Å². The number of sulfone groups is 1. The third-order valence-corrected chi connectivity index (χ3v) is 4.38. The molecule has 0 spiro atoms. The predicted octanol–water partition coefficient (Wildman–Crippen LogP) is 0.996. The van der Waals surface area contributed by atoms with Gasteiger partial charge in [0.05, 0.1) is 17.3 Å². The average molecular weight is 257 g/mol. The van der Waals surface area contributed by atoms with Crippen LogP contribution < -0.4 is 5.73 Å². The minimum Gasteiger partial charge on any atom is -0.383 e. The molecule has 1 aromatic carbocycles. The van der Waals surface area contributed by atoms with Crippen molar-refractivity contribution in [3.8, 4) is 0 Å². The first kappa shape index (κ1) is 14.2. The zero-order valence-corrected chi connectivity index (χ0v) is 11.0. The van der Waals surface area contributed by atoms with Gasteiger partial charge in [-0.05, 0) is 18.1 Å². The lowest BCUT2D eigenvalue weighted by Crippen LogP contribution is -2.28. The van der Waals surface area contributed by atoms with Crippen molar-refractivity contribution < 1.29 is 13.2 Å². The Bertz CT molecular complexity index is 457. The van der Waals surface area contributed by atoms with Crippen LogP contribution in [0, 0.1) is 0 Å². The van der Waals surface area contributed by atoms with Crippen LogP contribution in [0.2, 0.25) is 0 Å². The Morgan fingerprint density at radius 1 is 1.35 bits per heavy atom. The Labute approximate surface area is 103 Å². The highest BCUT2D eigenvalue weighted by atomic mass is 32.2. The molecule has 0 aliphatic heterocycles. The molecule has 0 amide bonds. The van der Waals surface area contributed by atoms with Crippen LogP contribution in [0.3, 0.4) is 0 Å². The molecule has 0 radical (unpaired) electrons. The Kier molecular flexibility index (Phi) is 5.11. The highest BCUT2D eigenvalue weighted by molar-refractivity contribution is 7.91. The molecule has 0 aliphatic rings. The second-order valence-corrected chi connectivity index (χ2v) is 6.18. The fourth-order valence-electron chi connectivity index (χ4n) is 1.69. The Hall–Kier alpha value is -0.910. The zero-order chi connectivity index (χ0) is 12.9. The summed E-state index contributed by atoms with van der Waals surface area (Å²) < 4.78 is 28.7. The molecule has 1 unspecified atom stereocenters. The summed E-state index contributed by atoms with van der Waals surface area (Å²) in [7, 11) is -1.61. The van der Waals surface area contributed by atoms with Gasteiger partial charge in [0.15, 0.2) is 9.84 Å². The van der Waals surface area contributed by atoms with Gasteiger partial charge in [0, 0.05) is 13.2 Å². The Morgan fingerprint density at radius 2 is 2.00 bits per heavy atom. The molecule has 0 saturated heterocycles. The van der Waals surface area contributed by atoms with E-state index in [0.29, 0.717) is 17.9 Å². The maximum atomic E-state index is 11.9. The van der Waals surface area contributed by atoms with Crippen molar-refractivity contribution in [1.82, 2.24) is 0 Å². The maximum absolute atomic E-state index is 11.9. The second-order valence-electron chi connectivity index (χ2n) is 3.93. The van der Waals surface area contributed by atoms with Gasteiger partial charge in [-0.2, -0.15) is 0 Å². The van der Waals surface area contributed by atoms with Gasteiger partial charge in [0.25, 0.3) is 0 Å². The molecule has 1 atom stereocenters. The first-order valence-electron chi connectivity index (χ1n) is 5.56. The van der Waals surface area contributed by atoms with E-state index in [-0.39, 0.29) is 11.8 Å². The molecule has 17 heavy (non-hydrogen) atoms. The average Bonchev–Trinajstić information content (AvgIpc) is 2.30. The van der Waals surface area contributed by atoms with Crippen molar-refractivity contribution in [3.63, 3.8) is 0 Å². The molecule has 0 aliphatic carbocycles. The van der Waals surface area contributed by atoms with Gasteiger partial charge in [0.2, 0.25) is 0 Å². The summed E-state index contributed by atoms with van der Waals surface area (Å²) in [6, 6.07) is 6.80. The van der Waals surface area contributed by atoms with Gasteiger partial charge in [-0.25, -0.2) is 8.42 Å². The quantitative estimate of drug-likeness (QED) is 0.825. The molecule has 5 heteroatoms. The van der Waals surface area contributed by atoms with E-state index < -0.39 is 9.84 Å². The van der Waals surface area contributed by atoms with Crippen LogP contribution in [0.1, 0.15) is 12.5 Å². The number of benzene rings is 1. The lowest BCUT2D eigenvalue weighted by atomic mass is 10.1. The van der Waals surface area contributed by atoms with Crippen molar-refractivity contribution in [2.24, 2.45) is 5.73 Å². The second kappa shape index (κ2) is 6.14. The summed E-state index contributed by atoms with van der Waals surface area (Å²) in [5, 5.41) is 0. The van der Waals surface area contributed by atoms with E-state index in [1.807, 2.05) is 6.07 Å². The van der Waals surface area contributed by atoms with Gasteiger partial charge < -0.3 is 10.5 Å². The first-order chi connectivity index (χ1) is 8.01. The van der Waals surface area contributed by atoms with Gasteiger partial charge in [-0.3, -0.25) is 0 Å². The summed E-state index contributed by atoms with van der Waals surface area (Å²) in [6.45, 7) is 2.06. The number of methoxy groups -OCH3 is 1. The normalized spacial score (nSPS) is 13.6. The van der Waals surface area contributed by atoms with E-state index in [1.165, 1.54) is 0 Å². The largest absolute Gasteiger partial charge is 0.383 e. The molecular formula is C12H19NO3S. The van der Waals surface area contributed by atoms with Crippen molar-refractivity contribution in [3.05, 3.63) is 29.8 Å². The molecular weight excluding hydrogens is 238 g/mol. The molecule has 96 valence electrons. The van der Waals surface area contributed by atoms with E-state index in [2.05, 4.69) is 0 Å². The molecule has 0 heterocycles. The third kappa shape index (κ3) is 3.80. The fourth-order valence-corrected chi connectivity index (χ4v) is 2.83. The molecule has 1 rings (SSSR count). The molecule has 0 saturated carbocycles. The maximum Gasteiger partial charge on any atom is 0.178 e. The first-order valence-corrected chi connectivity index (χ1v) is 7.21.